The van der Waals surface area contributed by atoms with Crippen LogP contribution in [-0.2, 0) is 9.47 Å². The van der Waals surface area contributed by atoms with Crippen molar-refractivity contribution in [2.24, 2.45) is 5.92 Å². The van der Waals surface area contributed by atoms with Crippen molar-refractivity contribution in [1.29, 1.82) is 0 Å². The Balaban J connectivity index is 1.63. The van der Waals surface area contributed by atoms with E-state index in [-0.39, 0.29) is 17.0 Å². The highest BCUT2D eigenvalue weighted by Crippen LogP contribution is 2.34. The monoisotopic (exact) mass is 342 g/mol. The van der Waals surface area contributed by atoms with E-state index < -0.39 is 11.6 Å². The molecule has 0 bridgehead atoms. The van der Waals surface area contributed by atoms with Gasteiger partial charge in [0.15, 0.2) is 5.79 Å². The highest BCUT2D eigenvalue weighted by atomic mass is 35.5. The van der Waals surface area contributed by atoms with Gasteiger partial charge >= 0.3 is 6.03 Å². The maximum absolute atomic E-state index is 13.5. The molecule has 2 saturated heterocycles. The molecule has 3 rings (SSSR count). The number of nitrogens with one attached hydrogen (secondary N) is 1. The van der Waals surface area contributed by atoms with Crippen LogP contribution in [0.4, 0.5) is 14.9 Å². The summed E-state index contributed by atoms with van der Waals surface area (Å²) in [6, 6.07) is 3.96. The fourth-order valence-electron chi connectivity index (χ4n) is 3.13. The van der Waals surface area contributed by atoms with E-state index >= 15 is 0 Å². The number of urea groups is 1. The molecule has 0 saturated carbocycles. The molecule has 1 unspecified atom stereocenters. The fourth-order valence-corrected chi connectivity index (χ4v) is 3.25. The van der Waals surface area contributed by atoms with Gasteiger partial charge < -0.3 is 19.7 Å². The molecular weight excluding hydrogens is 323 g/mol. The number of anilines is 1. The van der Waals surface area contributed by atoms with Crippen LogP contribution < -0.4 is 5.32 Å². The molecule has 7 heteroatoms. The van der Waals surface area contributed by atoms with Crippen molar-refractivity contribution in [2.75, 3.05) is 31.6 Å². The zero-order valence-electron chi connectivity index (χ0n) is 13.0. The third kappa shape index (κ3) is 3.59. The van der Waals surface area contributed by atoms with Gasteiger partial charge in [-0.15, -0.1) is 0 Å². The number of likely N-dealkylation sites (tertiary alicyclic amines) is 1. The van der Waals surface area contributed by atoms with E-state index in [1.54, 1.807) is 11.0 Å². The minimum absolute atomic E-state index is 0.0319. The zero-order chi connectivity index (χ0) is 16.4. The molecule has 2 heterocycles. The summed E-state index contributed by atoms with van der Waals surface area (Å²) in [6.07, 6.45) is 1.84. The lowest BCUT2D eigenvalue weighted by molar-refractivity contribution is -0.189. The quantitative estimate of drug-likeness (QED) is 0.895. The van der Waals surface area contributed by atoms with Crippen LogP contribution in [0, 0.1) is 11.7 Å². The average molecular weight is 343 g/mol. The van der Waals surface area contributed by atoms with Gasteiger partial charge in [0.05, 0.1) is 18.2 Å². The van der Waals surface area contributed by atoms with Crippen molar-refractivity contribution in [2.45, 2.75) is 25.6 Å². The number of hydrogen-bond donors (Lipinski definition) is 1. The van der Waals surface area contributed by atoms with Crippen molar-refractivity contribution in [3.63, 3.8) is 0 Å². The second-order valence-corrected chi connectivity index (χ2v) is 6.46. The number of ether oxygens (including phenoxy) is 2. The molecule has 2 aliphatic rings. The number of halogens is 2. The van der Waals surface area contributed by atoms with Gasteiger partial charge in [0, 0.05) is 24.7 Å². The second kappa shape index (κ2) is 6.63. The third-order valence-corrected chi connectivity index (χ3v) is 4.79. The van der Waals surface area contributed by atoms with Gasteiger partial charge in [0.2, 0.25) is 0 Å². The first-order chi connectivity index (χ1) is 11.0. The molecule has 126 valence electrons. The SMILES string of the molecule is CC1(C2CCCN(C(=O)Nc3ccc(Cl)c(F)c3)C2)OCCO1. The van der Waals surface area contributed by atoms with E-state index in [2.05, 4.69) is 5.32 Å². The molecule has 2 amide bonds. The van der Waals surface area contributed by atoms with E-state index in [1.165, 1.54) is 12.1 Å². The molecule has 1 N–H and O–H groups in total. The van der Waals surface area contributed by atoms with Crippen LogP contribution in [0.5, 0.6) is 0 Å². The fraction of sp³-hybridized carbons (Fsp3) is 0.562. The molecule has 23 heavy (non-hydrogen) atoms. The lowest BCUT2D eigenvalue weighted by Crippen LogP contribution is -2.49. The molecule has 1 aromatic rings. The van der Waals surface area contributed by atoms with Gasteiger partial charge in [-0.3, -0.25) is 0 Å². The maximum Gasteiger partial charge on any atom is 0.321 e. The van der Waals surface area contributed by atoms with Crippen LogP contribution in [0.2, 0.25) is 5.02 Å². The Kier molecular flexibility index (Phi) is 4.75. The zero-order valence-corrected chi connectivity index (χ0v) is 13.7. The normalized spacial score (nSPS) is 23.8. The predicted octanol–water partition coefficient (Wildman–Crippen LogP) is 3.49. The number of benzene rings is 1. The van der Waals surface area contributed by atoms with Crippen molar-refractivity contribution >= 4 is 23.3 Å². The first-order valence-corrected chi connectivity index (χ1v) is 8.14. The van der Waals surface area contributed by atoms with Crippen LogP contribution in [0.3, 0.4) is 0 Å². The molecule has 1 atom stereocenters. The molecule has 2 fully saturated rings. The maximum atomic E-state index is 13.5. The van der Waals surface area contributed by atoms with Gasteiger partial charge in [-0.05, 0) is 38.0 Å². The van der Waals surface area contributed by atoms with E-state index in [0.717, 1.165) is 12.8 Å². The second-order valence-electron chi connectivity index (χ2n) is 6.06. The Hall–Kier alpha value is -1.37. The number of piperidine rings is 1. The Labute approximate surface area is 139 Å². The van der Waals surface area contributed by atoms with Crippen LogP contribution in [0.15, 0.2) is 18.2 Å². The molecule has 0 radical (unpaired) electrons. The Bertz CT molecular complexity index is 593. The van der Waals surface area contributed by atoms with Crippen molar-refractivity contribution in [1.82, 2.24) is 4.90 Å². The van der Waals surface area contributed by atoms with Crippen LogP contribution in [0.25, 0.3) is 0 Å². The Morgan fingerprint density at radius 1 is 1.43 bits per heavy atom. The standard InChI is InChI=1S/C16H20ClFN2O3/c1-16(22-7-8-23-16)11-3-2-6-20(10-11)15(21)19-12-4-5-13(17)14(18)9-12/h4-5,9,11H,2-3,6-8,10H2,1H3,(H,19,21). The summed E-state index contributed by atoms with van der Waals surface area (Å²) in [6.45, 7) is 4.32. The Morgan fingerprint density at radius 2 is 2.17 bits per heavy atom. The lowest BCUT2D eigenvalue weighted by Gasteiger charge is -2.39. The summed E-state index contributed by atoms with van der Waals surface area (Å²) in [5, 5.41) is 2.74. The van der Waals surface area contributed by atoms with E-state index in [4.69, 9.17) is 21.1 Å². The van der Waals surface area contributed by atoms with Gasteiger partial charge in [0.1, 0.15) is 5.82 Å². The molecule has 0 aliphatic carbocycles. The first-order valence-electron chi connectivity index (χ1n) is 7.77. The number of rotatable bonds is 2. The molecule has 1 aromatic carbocycles. The van der Waals surface area contributed by atoms with E-state index in [1.807, 2.05) is 6.92 Å². The largest absolute Gasteiger partial charge is 0.347 e. The van der Waals surface area contributed by atoms with Crippen molar-refractivity contribution < 1.29 is 18.7 Å². The highest BCUT2D eigenvalue weighted by molar-refractivity contribution is 6.30. The average Bonchev–Trinajstić information content (AvgIpc) is 2.99. The van der Waals surface area contributed by atoms with Gasteiger partial charge in [-0.1, -0.05) is 11.6 Å². The predicted molar refractivity (Wildman–Crippen MR) is 85.0 cm³/mol. The highest BCUT2D eigenvalue weighted by Gasteiger charge is 2.42. The number of carbonyl (C=O) groups is 1. The lowest BCUT2D eigenvalue weighted by atomic mass is 9.90. The summed E-state index contributed by atoms with van der Waals surface area (Å²) in [5.74, 6) is -1.04. The van der Waals surface area contributed by atoms with Crippen LogP contribution in [-0.4, -0.2) is 43.0 Å². The topological polar surface area (TPSA) is 50.8 Å². The number of amides is 2. The summed E-state index contributed by atoms with van der Waals surface area (Å²) in [4.78, 5) is 14.1. The smallest absolute Gasteiger partial charge is 0.321 e. The molecule has 0 spiro atoms. The third-order valence-electron chi connectivity index (χ3n) is 4.48. The van der Waals surface area contributed by atoms with Crippen molar-refractivity contribution in [3.8, 4) is 0 Å². The molecule has 0 aromatic heterocycles. The van der Waals surface area contributed by atoms with E-state index in [9.17, 15) is 9.18 Å². The molecule has 2 aliphatic heterocycles. The summed E-state index contributed by atoms with van der Waals surface area (Å²) in [7, 11) is 0. The number of hydrogen-bond acceptors (Lipinski definition) is 3. The minimum atomic E-state index is -0.620. The van der Waals surface area contributed by atoms with Gasteiger partial charge in [0.25, 0.3) is 0 Å². The molecule has 5 nitrogen and oxygen atoms in total. The van der Waals surface area contributed by atoms with Crippen LogP contribution in [0.1, 0.15) is 19.8 Å². The number of carbonyl (C=O) groups excluding carboxylic acids is 1. The van der Waals surface area contributed by atoms with Gasteiger partial charge in [-0.25, -0.2) is 9.18 Å². The number of nitrogens with zero attached hydrogens (tertiary/aromatic N) is 1. The minimum Gasteiger partial charge on any atom is -0.347 e. The van der Waals surface area contributed by atoms with Crippen LogP contribution >= 0.6 is 11.6 Å². The van der Waals surface area contributed by atoms with Crippen molar-refractivity contribution in [3.05, 3.63) is 29.0 Å². The first kappa shape index (κ1) is 16.5. The molecular formula is C16H20ClFN2O3. The Morgan fingerprint density at radius 3 is 2.87 bits per heavy atom. The van der Waals surface area contributed by atoms with Gasteiger partial charge in [-0.2, -0.15) is 0 Å². The van der Waals surface area contributed by atoms with E-state index in [0.29, 0.717) is 32.0 Å². The summed E-state index contributed by atoms with van der Waals surface area (Å²) in [5.41, 5.74) is 0.388. The summed E-state index contributed by atoms with van der Waals surface area (Å²) < 4.78 is 24.9. The summed E-state index contributed by atoms with van der Waals surface area (Å²) >= 11 is 5.65.